The maximum atomic E-state index is 13.0. The number of piperazine rings is 1. The zero-order chi connectivity index (χ0) is 23.4. The topological polar surface area (TPSA) is 71.7 Å². The van der Waals surface area contributed by atoms with Crippen LogP contribution in [0.25, 0.3) is 10.9 Å². The van der Waals surface area contributed by atoms with E-state index in [-0.39, 0.29) is 17.7 Å². The van der Waals surface area contributed by atoms with Gasteiger partial charge in [-0.25, -0.2) is 0 Å². The summed E-state index contributed by atoms with van der Waals surface area (Å²) in [5.41, 5.74) is 1.51. The molecule has 0 spiro atoms. The van der Waals surface area contributed by atoms with Gasteiger partial charge in [-0.2, -0.15) is 0 Å². The van der Waals surface area contributed by atoms with Crippen molar-refractivity contribution in [3.05, 3.63) is 35.0 Å². The lowest BCUT2D eigenvalue weighted by Crippen LogP contribution is -2.48. The average molecular weight is 474 g/mol. The molecule has 0 radical (unpaired) electrons. The van der Waals surface area contributed by atoms with Crippen LogP contribution >= 0.6 is 11.6 Å². The number of hydrogen-bond acceptors (Lipinski definition) is 4. The van der Waals surface area contributed by atoms with Gasteiger partial charge in [0.15, 0.2) is 0 Å². The molecule has 0 saturated carbocycles. The van der Waals surface area contributed by atoms with Crippen LogP contribution in [0.15, 0.2) is 24.3 Å². The van der Waals surface area contributed by atoms with E-state index in [1.54, 1.807) is 0 Å². The quantitative estimate of drug-likeness (QED) is 0.648. The lowest BCUT2D eigenvalue weighted by Gasteiger charge is -2.35. The smallest absolute Gasteiger partial charge is 0.270 e. The van der Waals surface area contributed by atoms with Gasteiger partial charge >= 0.3 is 0 Å². The highest BCUT2D eigenvalue weighted by atomic mass is 35.5. The van der Waals surface area contributed by atoms with E-state index in [4.69, 9.17) is 11.6 Å². The summed E-state index contributed by atoms with van der Waals surface area (Å²) in [4.78, 5) is 35.7. The van der Waals surface area contributed by atoms with E-state index in [9.17, 15) is 9.59 Å². The van der Waals surface area contributed by atoms with E-state index < -0.39 is 0 Å². The van der Waals surface area contributed by atoms with E-state index in [1.807, 2.05) is 36.1 Å². The Labute approximate surface area is 201 Å². The van der Waals surface area contributed by atoms with Crippen molar-refractivity contribution in [3.63, 3.8) is 0 Å². The first-order valence-corrected chi connectivity index (χ1v) is 12.6. The van der Waals surface area contributed by atoms with E-state index in [0.29, 0.717) is 36.3 Å². The lowest BCUT2D eigenvalue weighted by atomic mass is 9.84. The maximum Gasteiger partial charge on any atom is 0.270 e. The number of halogens is 1. The van der Waals surface area contributed by atoms with Crippen LogP contribution in [-0.2, 0) is 4.79 Å². The van der Waals surface area contributed by atoms with E-state index in [1.165, 1.54) is 0 Å². The maximum absolute atomic E-state index is 13.0. The van der Waals surface area contributed by atoms with Crippen molar-refractivity contribution in [2.75, 3.05) is 58.9 Å². The Balaban J connectivity index is 1.20. The average Bonchev–Trinajstić information content (AvgIpc) is 3.26. The molecule has 0 unspecified atom stereocenters. The molecule has 2 aliphatic rings. The largest absolute Gasteiger partial charge is 0.355 e. The number of nitrogens with zero attached hydrogens (tertiary/aromatic N) is 3. The molecule has 2 aromatic rings. The number of likely N-dealkylation sites (N-methyl/N-ethyl adjacent to an activating group) is 1. The fourth-order valence-electron chi connectivity index (χ4n) is 5.03. The third kappa shape index (κ3) is 5.89. The van der Waals surface area contributed by atoms with Gasteiger partial charge in [-0.1, -0.05) is 25.4 Å². The molecule has 180 valence electrons. The van der Waals surface area contributed by atoms with Gasteiger partial charge in [0.25, 0.3) is 5.91 Å². The van der Waals surface area contributed by atoms with Gasteiger partial charge in [0.2, 0.25) is 5.91 Å². The Bertz CT molecular complexity index is 961. The Morgan fingerprint density at radius 3 is 2.48 bits per heavy atom. The Morgan fingerprint density at radius 2 is 1.79 bits per heavy atom. The standard InChI is InChI=1S/C25H36ClN5O2/c1-3-29-12-14-30(15-13-29)11-8-27-24(32)18(2)19-6-9-31(10-7-19)25(33)23-17-20-16-21(26)4-5-22(20)28-23/h4-5,16-19,28H,3,6-15H2,1-2H3,(H,27,32)/t18-/m1/s1. The van der Waals surface area contributed by atoms with Crippen LogP contribution < -0.4 is 5.32 Å². The molecule has 2 amide bonds. The van der Waals surface area contributed by atoms with Crippen molar-refractivity contribution in [2.45, 2.75) is 26.7 Å². The van der Waals surface area contributed by atoms with Crippen molar-refractivity contribution in [2.24, 2.45) is 11.8 Å². The summed E-state index contributed by atoms with van der Waals surface area (Å²) < 4.78 is 0. The second-order valence-electron chi connectivity index (χ2n) is 9.40. The minimum absolute atomic E-state index is 0.0149. The van der Waals surface area contributed by atoms with Gasteiger partial charge < -0.3 is 20.1 Å². The number of amides is 2. The number of aromatic amines is 1. The van der Waals surface area contributed by atoms with Gasteiger partial charge in [-0.3, -0.25) is 14.5 Å². The Morgan fingerprint density at radius 1 is 1.09 bits per heavy atom. The number of fused-ring (bicyclic) bond motifs is 1. The summed E-state index contributed by atoms with van der Waals surface area (Å²) in [5, 5.41) is 4.74. The molecule has 8 heteroatoms. The number of piperidine rings is 1. The minimum atomic E-state index is -0.0330. The molecule has 1 aromatic carbocycles. The third-order valence-electron chi connectivity index (χ3n) is 7.40. The van der Waals surface area contributed by atoms with Gasteiger partial charge in [0.05, 0.1) is 0 Å². The molecule has 2 aliphatic heterocycles. The number of aromatic nitrogens is 1. The summed E-state index contributed by atoms with van der Waals surface area (Å²) in [6, 6.07) is 7.45. The molecule has 7 nitrogen and oxygen atoms in total. The van der Waals surface area contributed by atoms with Crippen LogP contribution in [0.3, 0.4) is 0 Å². The number of carbonyl (C=O) groups excluding carboxylic acids is 2. The first kappa shape index (κ1) is 24.0. The SMILES string of the molecule is CCN1CCN(CCNC(=O)[C@H](C)C2CCN(C(=O)c3cc4cc(Cl)ccc4[nH]3)CC2)CC1. The van der Waals surface area contributed by atoms with Crippen LogP contribution in [-0.4, -0.2) is 90.4 Å². The second kappa shape index (κ2) is 10.9. The summed E-state index contributed by atoms with van der Waals surface area (Å²) in [7, 11) is 0. The van der Waals surface area contributed by atoms with E-state index >= 15 is 0 Å². The Kier molecular flexibility index (Phi) is 7.94. The molecule has 0 aliphatic carbocycles. The number of rotatable bonds is 7. The van der Waals surface area contributed by atoms with Gasteiger partial charge in [0.1, 0.15) is 5.69 Å². The predicted molar refractivity (Wildman–Crippen MR) is 133 cm³/mol. The minimum Gasteiger partial charge on any atom is -0.355 e. The molecule has 0 bridgehead atoms. The van der Waals surface area contributed by atoms with Gasteiger partial charge in [-0.15, -0.1) is 0 Å². The first-order valence-electron chi connectivity index (χ1n) is 12.2. The molecule has 2 N–H and O–H groups in total. The van der Waals surface area contributed by atoms with Gasteiger partial charge in [0, 0.05) is 74.2 Å². The number of nitrogens with one attached hydrogen (secondary N) is 2. The highest BCUT2D eigenvalue weighted by molar-refractivity contribution is 6.31. The number of likely N-dealkylation sites (tertiary alicyclic amines) is 1. The molecule has 3 heterocycles. The fraction of sp³-hybridized carbons (Fsp3) is 0.600. The van der Waals surface area contributed by atoms with Gasteiger partial charge in [-0.05, 0) is 49.6 Å². The predicted octanol–water partition coefficient (Wildman–Crippen LogP) is 3.06. The summed E-state index contributed by atoms with van der Waals surface area (Å²) in [6.07, 6.45) is 1.71. The van der Waals surface area contributed by atoms with E-state index in [2.05, 4.69) is 27.0 Å². The number of benzene rings is 1. The van der Waals surface area contributed by atoms with Crippen LogP contribution in [0.1, 0.15) is 37.2 Å². The molecule has 4 rings (SSSR count). The third-order valence-corrected chi connectivity index (χ3v) is 7.64. The van der Waals surface area contributed by atoms with Crippen LogP contribution in [0.2, 0.25) is 5.02 Å². The highest BCUT2D eigenvalue weighted by Crippen LogP contribution is 2.27. The van der Waals surface area contributed by atoms with Crippen LogP contribution in [0, 0.1) is 11.8 Å². The zero-order valence-corrected chi connectivity index (χ0v) is 20.5. The first-order chi connectivity index (χ1) is 15.9. The van der Waals surface area contributed by atoms with Crippen molar-refractivity contribution in [3.8, 4) is 0 Å². The molecule has 1 aromatic heterocycles. The van der Waals surface area contributed by atoms with Crippen molar-refractivity contribution < 1.29 is 9.59 Å². The summed E-state index contributed by atoms with van der Waals surface area (Å²) in [6.45, 7) is 12.7. The lowest BCUT2D eigenvalue weighted by molar-refractivity contribution is -0.126. The number of hydrogen-bond donors (Lipinski definition) is 2. The molecule has 1 atom stereocenters. The normalized spacial score (nSPS) is 19.7. The molecular weight excluding hydrogens is 438 g/mol. The number of carbonyl (C=O) groups is 2. The van der Waals surface area contributed by atoms with Crippen molar-refractivity contribution in [1.82, 2.24) is 25.0 Å². The second-order valence-corrected chi connectivity index (χ2v) is 9.84. The fourth-order valence-corrected chi connectivity index (χ4v) is 5.21. The van der Waals surface area contributed by atoms with Crippen molar-refractivity contribution >= 4 is 34.3 Å². The zero-order valence-electron chi connectivity index (χ0n) is 19.8. The number of H-pyrrole nitrogens is 1. The summed E-state index contributed by atoms with van der Waals surface area (Å²) in [5.74, 6) is 0.429. The highest BCUT2D eigenvalue weighted by Gasteiger charge is 2.30. The van der Waals surface area contributed by atoms with E-state index in [0.717, 1.165) is 63.0 Å². The Hall–Kier alpha value is -2.09. The molecule has 2 saturated heterocycles. The molecule has 33 heavy (non-hydrogen) atoms. The van der Waals surface area contributed by atoms with Crippen LogP contribution in [0.4, 0.5) is 0 Å². The van der Waals surface area contributed by atoms with Crippen molar-refractivity contribution in [1.29, 1.82) is 0 Å². The molecular formula is C25H36ClN5O2. The molecule has 2 fully saturated rings. The van der Waals surface area contributed by atoms with Crippen LogP contribution in [0.5, 0.6) is 0 Å². The monoisotopic (exact) mass is 473 g/mol. The summed E-state index contributed by atoms with van der Waals surface area (Å²) >= 11 is 6.06.